The SMILES string of the molecule is CCNC(=NCc1sc(C)nc1C)NC1CCN(c2ccc(F)cc2F)C1.I. The van der Waals surface area contributed by atoms with Crippen LogP contribution in [0.4, 0.5) is 14.5 Å². The maximum Gasteiger partial charge on any atom is 0.191 e. The fourth-order valence-electron chi connectivity index (χ4n) is 3.22. The smallest absolute Gasteiger partial charge is 0.191 e. The summed E-state index contributed by atoms with van der Waals surface area (Å²) < 4.78 is 27.1. The summed E-state index contributed by atoms with van der Waals surface area (Å²) in [4.78, 5) is 12.2. The third kappa shape index (κ3) is 5.76. The summed E-state index contributed by atoms with van der Waals surface area (Å²) in [6.45, 7) is 8.72. The first-order chi connectivity index (χ1) is 13.0. The van der Waals surface area contributed by atoms with Crippen LogP contribution in [0.15, 0.2) is 23.2 Å². The number of nitrogens with one attached hydrogen (secondary N) is 2. The van der Waals surface area contributed by atoms with E-state index in [1.165, 1.54) is 12.1 Å². The van der Waals surface area contributed by atoms with E-state index in [1.807, 2.05) is 25.7 Å². The summed E-state index contributed by atoms with van der Waals surface area (Å²) in [5.74, 6) is -0.332. The minimum atomic E-state index is -0.555. The second kappa shape index (κ2) is 10.3. The zero-order chi connectivity index (χ0) is 19.4. The van der Waals surface area contributed by atoms with Crippen molar-refractivity contribution in [1.29, 1.82) is 0 Å². The molecule has 1 aromatic carbocycles. The number of halogens is 3. The van der Waals surface area contributed by atoms with Crippen LogP contribution >= 0.6 is 35.3 Å². The summed E-state index contributed by atoms with van der Waals surface area (Å²) in [6, 6.07) is 3.88. The van der Waals surface area contributed by atoms with Crippen LogP contribution in [-0.2, 0) is 6.54 Å². The molecule has 0 aliphatic carbocycles. The Morgan fingerprint density at radius 1 is 1.36 bits per heavy atom. The maximum absolute atomic E-state index is 14.0. The number of aryl methyl sites for hydroxylation is 2. The van der Waals surface area contributed by atoms with Gasteiger partial charge in [0, 0.05) is 36.6 Å². The average molecular weight is 521 g/mol. The van der Waals surface area contributed by atoms with E-state index in [-0.39, 0.29) is 30.0 Å². The number of hydrogen-bond acceptors (Lipinski definition) is 4. The van der Waals surface area contributed by atoms with Crippen LogP contribution in [0.25, 0.3) is 0 Å². The molecular weight excluding hydrogens is 495 g/mol. The molecule has 0 radical (unpaired) electrons. The number of aromatic nitrogens is 1. The molecule has 1 unspecified atom stereocenters. The topological polar surface area (TPSA) is 52.6 Å². The summed E-state index contributed by atoms with van der Waals surface area (Å²) in [5.41, 5.74) is 1.47. The summed E-state index contributed by atoms with van der Waals surface area (Å²) >= 11 is 1.66. The van der Waals surface area contributed by atoms with Crippen LogP contribution in [0.5, 0.6) is 0 Å². The van der Waals surface area contributed by atoms with Gasteiger partial charge in [-0.3, -0.25) is 0 Å². The molecular formula is C19H26F2IN5S. The van der Waals surface area contributed by atoms with Gasteiger partial charge in [0.05, 0.1) is 22.9 Å². The lowest BCUT2D eigenvalue weighted by atomic mass is 10.2. The van der Waals surface area contributed by atoms with Crippen LogP contribution in [0.2, 0.25) is 0 Å². The fraction of sp³-hybridized carbons (Fsp3) is 0.474. The van der Waals surface area contributed by atoms with E-state index in [2.05, 4.69) is 20.6 Å². The lowest BCUT2D eigenvalue weighted by Gasteiger charge is -2.21. The standard InChI is InChI=1S/C19H25F2N5S.HI/c1-4-22-19(23-10-18-12(2)24-13(3)27-18)25-15-7-8-26(11-15)17-6-5-14(20)9-16(17)21;/h5-6,9,15H,4,7-8,10-11H2,1-3H3,(H2,22,23,25);1H. The van der Waals surface area contributed by atoms with E-state index >= 15 is 0 Å². The molecule has 1 aromatic heterocycles. The van der Waals surface area contributed by atoms with Crippen molar-refractivity contribution < 1.29 is 8.78 Å². The van der Waals surface area contributed by atoms with Gasteiger partial charge in [0.25, 0.3) is 0 Å². The van der Waals surface area contributed by atoms with Crippen LogP contribution in [0, 0.1) is 25.5 Å². The highest BCUT2D eigenvalue weighted by atomic mass is 127. The molecule has 9 heteroatoms. The minimum absolute atomic E-state index is 0. The third-order valence-electron chi connectivity index (χ3n) is 4.50. The zero-order valence-electron chi connectivity index (χ0n) is 16.3. The second-order valence-corrected chi connectivity index (χ2v) is 7.90. The van der Waals surface area contributed by atoms with Gasteiger partial charge in [-0.15, -0.1) is 35.3 Å². The molecule has 3 rings (SSSR count). The summed E-state index contributed by atoms with van der Waals surface area (Å²) in [6.07, 6.45) is 0.861. The van der Waals surface area contributed by atoms with Gasteiger partial charge in [-0.2, -0.15) is 0 Å². The molecule has 2 heterocycles. The van der Waals surface area contributed by atoms with E-state index in [4.69, 9.17) is 0 Å². The van der Waals surface area contributed by atoms with E-state index in [9.17, 15) is 8.78 Å². The first-order valence-corrected chi connectivity index (χ1v) is 9.95. The zero-order valence-corrected chi connectivity index (χ0v) is 19.4. The predicted molar refractivity (Wildman–Crippen MR) is 122 cm³/mol. The Labute approximate surface area is 185 Å². The quantitative estimate of drug-likeness (QED) is 0.355. The summed E-state index contributed by atoms with van der Waals surface area (Å²) in [7, 11) is 0. The van der Waals surface area contributed by atoms with Crippen molar-refractivity contribution in [3.63, 3.8) is 0 Å². The first-order valence-electron chi connectivity index (χ1n) is 9.14. The lowest BCUT2D eigenvalue weighted by molar-refractivity contribution is 0.580. The highest BCUT2D eigenvalue weighted by Crippen LogP contribution is 2.24. The number of rotatable bonds is 5. The van der Waals surface area contributed by atoms with Crippen molar-refractivity contribution in [3.05, 3.63) is 45.4 Å². The summed E-state index contributed by atoms with van der Waals surface area (Å²) in [5, 5.41) is 7.73. The fourth-order valence-corrected chi connectivity index (χ4v) is 4.08. The van der Waals surface area contributed by atoms with Gasteiger partial charge in [-0.25, -0.2) is 18.8 Å². The predicted octanol–water partition coefficient (Wildman–Crippen LogP) is 3.99. The Kier molecular flexibility index (Phi) is 8.41. The number of anilines is 1. The molecule has 5 nitrogen and oxygen atoms in total. The van der Waals surface area contributed by atoms with Gasteiger partial charge >= 0.3 is 0 Å². The molecule has 154 valence electrons. The van der Waals surface area contributed by atoms with E-state index < -0.39 is 11.6 Å². The third-order valence-corrected chi connectivity index (χ3v) is 5.56. The Bertz CT molecular complexity index is 827. The largest absolute Gasteiger partial charge is 0.367 e. The van der Waals surface area contributed by atoms with Crippen LogP contribution in [0.1, 0.15) is 28.9 Å². The van der Waals surface area contributed by atoms with Gasteiger partial charge in [0.2, 0.25) is 0 Å². The van der Waals surface area contributed by atoms with E-state index in [0.29, 0.717) is 25.3 Å². The highest BCUT2D eigenvalue weighted by molar-refractivity contribution is 14.0. The van der Waals surface area contributed by atoms with Gasteiger partial charge in [-0.1, -0.05) is 0 Å². The number of benzene rings is 1. The van der Waals surface area contributed by atoms with Crippen molar-refractivity contribution in [3.8, 4) is 0 Å². The molecule has 1 aliphatic rings. The maximum atomic E-state index is 14.0. The first kappa shape index (κ1) is 22.8. The number of guanidine groups is 1. The molecule has 1 aliphatic heterocycles. The highest BCUT2D eigenvalue weighted by Gasteiger charge is 2.25. The number of aliphatic imine (C=N–C) groups is 1. The number of nitrogens with zero attached hydrogens (tertiary/aromatic N) is 3. The molecule has 28 heavy (non-hydrogen) atoms. The van der Waals surface area contributed by atoms with Crippen LogP contribution in [-0.4, -0.2) is 36.6 Å². The molecule has 1 fully saturated rings. The molecule has 1 saturated heterocycles. The molecule has 0 saturated carbocycles. The van der Waals surface area contributed by atoms with Gasteiger partial charge in [0.15, 0.2) is 5.96 Å². The molecule has 0 spiro atoms. The van der Waals surface area contributed by atoms with Crippen molar-refractivity contribution in [1.82, 2.24) is 15.6 Å². The molecule has 2 aromatic rings. The van der Waals surface area contributed by atoms with Gasteiger partial charge in [-0.05, 0) is 39.3 Å². The Hall–Kier alpha value is -1.49. The van der Waals surface area contributed by atoms with E-state index in [0.717, 1.165) is 40.6 Å². The average Bonchev–Trinajstić information content (AvgIpc) is 3.19. The minimum Gasteiger partial charge on any atom is -0.367 e. The second-order valence-electron chi connectivity index (χ2n) is 6.61. The Balaban J connectivity index is 0.00000280. The molecule has 2 N–H and O–H groups in total. The normalized spacial score (nSPS) is 16.8. The van der Waals surface area contributed by atoms with E-state index in [1.54, 1.807) is 11.3 Å². The lowest BCUT2D eigenvalue weighted by Crippen LogP contribution is -2.44. The van der Waals surface area contributed by atoms with Gasteiger partial charge < -0.3 is 15.5 Å². The van der Waals surface area contributed by atoms with Crippen LogP contribution in [0.3, 0.4) is 0 Å². The van der Waals surface area contributed by atoms with Crippen molar-refractivity contribution in [2.75, 3.05) is 24.5 Å². The molecule has 1 atom stereocenters. The number of thiazole rings is 1. The van der Waals surface area contributed by atoms with Crippen molar-refractivity contribution >= 4 is 47.0 Å². The van der Waals surface area contributed by atoms with Crippen molar-refractivity contribution in [2.45, 2.75) is 39.8 Å². The Morgan fingerprint density at radius 2 is 2.14 bits per heavy atom. The number of hydrogen-bond donors (Lipinski definition) is 2. The van der Waals surface area contributed by atoms with Gasteiger partial charge in [0.1, 0.15) is 11.6 Å². The van der Waals surface area contributed by atoms with Crippen LogP contribution < -0.4 is 15.5 Å². The van der Waals surface area contributed by atoms with Crippen molar-refractivity contribution in [2.24, 2.45) is 4.99 Å². The molecule has 0 bridgehead atoms. The Morgan fingerprint density at radius 3 is 2.79 bits per heavy atom. The monoisotopic (exact) mass is 521 g/mol. The molecule has 0 amide bonds.